The molecule has 0 aromatic heterocycles. The van der Waals surface area contributed by atoms with Crippen LogP contribution in [0.2, 0.25) is 0 Å². The SMILES string of the molecule is COc1ccc(C(NN)c2ccc(Br)c(F)c2)c(C)c1. The standard InChI is InChI=1S/C15H16BrFN2O/c1-9-7-11(20-2)4-5-12(9)15(19-18)10-3-6-13(16)14(17)8-10/h3-8,15,19H,18H2,1-2H3. The van der Waals surface area contributed by atoms with E-state index in [1.807, 2.05) is 31.2 Å². The summed E-state index contributed by atoms with van der Waals surface area (Å²) < 4.78 is 19.3. The molecule has 0 aliphatic carbocycles. The Morgan fingerprint density at radius 2 is 2.00 bits per heavy atom. The van der Waals surface area contributed by atoms with E-state index in [2.05, 4.69) is 21.4 Å². The highest BCUT2D eigenvalue weighted by Gasteiger charge is 2.16. The highest BCUT2D eigenvalue weighted by atomic mass is 79.9. The molecule has 0 saturated carbocycles. The van der Waals surface area contributed by atoms with Gasteiger partial charge in [0.1, 0.15) is 11.6 Å². The molecule has 5 heteroatoms. The van der Waals surface area contributed by atoms with Crippen LogP contribution in [0.4, 0.5) is 4.39 Å². The lowest BCUT2D eigenvalue weighted by Crippen LogP contribution is -2.29. The second-order valence-electron chi connectivity index (χ2n) is 4.50. The molecular weight excluding hydrogens is 323 g/mol. The summed E-state index contributed by atoms with van der Waals surface area (Å²) in [6.45, 7) is 1.97. The summed E-state index contributed by atoms with van der Waals surface area (Å²) in [7, 11) is 1.62. The highest BCUT2D eigenvalue weighted by molar-refractivity contribution is 9.10. The predicted octanol–water partition coefficient (Wildman–Crippen LogP) is 3.46. The molecule has 2 aromatic rings. The molecule has 20 heavy (non-hydrogen) atoms. The van der Waals surface area contributed by atoms with Gasteiger partial charge >= 0.3 is 0 Å². The number of rotatable bonds is 4. The Hall–Kier alpha value is -1.43. The first kappa shape index (κ1) is 15.0. The van der Waals surface area contributed by atoms with Gasteiger partial charge in [0, 0.05) is 0 Å². The van der Waals surface area contributed by atoms with Gasteiger partial charge in [-0.15, -0.1) is 0 Å². The van der Waals surface area contributed by atoms with Gasteiger partial charge in [-0.3, -0.25) is 5.84 Å². The summed E-state index contributed by atoms with van der Waals surface area (Å²) in [5.41, 5.74) is 5.51. The van der Waals surface area contributed by atoms with Gasteiger partial charge in [0.2, 0.25) is 0 Å². The molecule has 0 spiro atoms. The average Bonchev–Trinajstić information content (AvgIpc) is 2.45. The number of nitrogens with two attached hydrogens (primary N) is 1. The van der Waals surface area contributed by atoms with Crippen molar-refractivity contribution in [2.75, 3.05) is 7.11 Å². The maximum Gasteiger partial charge on any atom is 0.137 e. The lowest BCUT2D eigenvalue weighted by atomic mass is 9.95. The Balaban J connectivity index is 2.43. The summed E-state index contributed by atoms with van der Waals surface area (Å²) in [4.78, 5) is 0. The van der Waals surface area contributed by atoms with Crippen molar-refractivity contribution in [3.05, 3.63) is 63.4 Å². The third-order valence-corrected chi connectivity index (χ3v) is 3.87. The minimum atomic E-state index is -0.311. The third-order valence-electron chi connectivity index (χ3n) is 3.23. The zero-order valence-electron chi connectivity index (χ0n) is 11.3. The van der Waals surface area contributed by atoms with Crippen LogP contribution < -0.4 is 16.0 Å². The first-order valence-corrected chi connectivity index (χ1v) is 6.91. The van der Waals surface area contributed by atoms with Crippen LogP contribution in [-0.4, -0.2) is 7.11 Å². The number of hydrogen-bond donors (Lipinski definition) is 2. The minimum absolute atomic E-state index is 0.275. The van der Waals surface area contributed by atoms with Crippen LogP contribution >= 0.6 is 15.9 Å². The molecule has 0 saturated heterocycles. The van der Waals surface area contributed by atoms with Gasteiger partial charge in [-0.2, -0.15) is 0 Å². The second kappa shape index (κ2) is 6.35. The fourth-order valence-corrected chi connectivity index (χ4v) is 2.40. The zero-order chi connectivity index (χ0) is 14.7. The first-order chi connectivity index (χ1) is 9.56. The van der Waals surface area contributed by atoms with E-state index >= 15 is 0 Å². The average molecular weight is 339 g/mol. The highest BCUT2D eigenvalue weighted by Crippen LogP contribution is 2.29. The lowest BCUT2D eigenvalue weighted by molar-refractivity contribution is 0.414. The molecule has 3 N–H and O–H groups in total. The van der Waals surface area contributed by atoms with Gasteiger partial charge in [-0.05, 0) is 63.8 Å². The van der Waals surface area contributed by atoms with Crippen LogP contribution in [-0.2, 0) is 0 Å². The van der Waals surface area contributed by atoms with E-state index < -0.39 is 0 Å². The molecule has 0 fully saturated rings. The van der Waals surface area contributed by atoms with Crippen molar-refractivity contribution >= 4 is 15.9 Å². The topological polar surface area (TPSA) is 47.3 Å². The molecule has 0 radical (unpaired) electrons. The zero-order valence-corrected chi connectivity index (χ0v) is 12.9. The van der Waals surface area contributed by atoms with Gasteiger partial charge < -0.3 is 4.74 Å². The maximum absolute atomic E-state index is 13.7. The second-order valence-corrected chi connectivity index (χ2v) is 5.35. The number of hydrogen-bond acceptors (Lipinski definition) is 3. The fourth-order valence-electron chi connectivity index (χ4n) is 2.16. The molecule has 0 bridgehead atoms. The smallest absolute Gasteiger partial charge is 0.137 e. The Morgan fingerprint density at radius 1 is 1.25 bits per heavy atom. The van der Waals surface area contributed by atoms with Crippen molar-refractivity contribution in [3.8, 4) is 5.75 Å². The number of benzene rings is 2. The molecule has 106 valence electrons. The van der Waals surface area contributed by atoms with Crippen LogP contribution in [0.15, 0.2) is 40.9 Å². The molecule has 0 heterocycles. The summed E-state index contributed by atoms with van der Waals surface area (Å²) in [6, 6.07) is 10.4. The molecule has 1 atom stereocenters. The summed E-state index contributed by atoms with van der Waals surface area (Å²) in [5.74, 6) is 6.12. The molecule has 0 aliphatic rings. The molecular formula is C15H16BrFN2O. The van der Waals surface area contributed by atoms with Gasteiger partial charge in [0.25, 0.3) is 0 Å². The summed E-state index contributed by atoms with van der Waals surface area (Å²) in [5, 5.41) is 0. The summed E-state index contributed by atoms with van der Waals surface area (Å²) >= 11 is 3.15. The van der Waals surface area contributed by atoms with E-state index in [-0.39, 0.29) is 11.9 Å². The van der Waals surface area contributed by atoms with Crippen molar-refractivity contribution in [1.29, 1.82) is 0 Å². The molecule has 2 aromatic carbocycles. The van der Waals surface area contributed by atoms with Crippen molar-refractivity contribution < 1.29 is 9.13 Å². The van der Waals surface area contributed by atoms with Crippen molar-refractivity contribution in [3.63, 3.8) is 0 Å². The van der Waals surface area contributed by atoms with E-state index in [0.717, 1.165) is 22.4 Å². The van der Waals surface area contributed by atoms with Gasteiger partial charge in [-0.25, -0.2) is 9.82 Å². The van der Waals surface area contributed by atoms with Crippen molar-refractivity contribution in [2.45, 2.75) is 13.0 Å². The largest absolute Gasteiger partial charge is 0.497 e. The van der Waals surface area contributed by atoms with Gasteiger partial charge in [0.05, 0.1) is 17.6 Å². The Morgan fingerprint density at radius 3 is 2.55 bits per heavy atom. The quantitative estimate of drug-likeness (QED) is 0.663. The Kier molecular flexibility index (Phi) is 4.75. The predicted molar refractivity (Wildman–Crippen MR) is 81.0 cm³/mol. The maximum atomic E-state index is 13.7. The van der Waals surface area contributed by atoms with E-state index in [9.17, 15) is 4.39 Å². The molecule has 3 nitrogen and oxygen atoms in total. The van der Waals surface area contributed by atoms with Crippen LogP contribution in [0.5, 0.6) is 5.75 Å². The van der Waals surface area contributed by atoms with Gasteiger partial charge in [-0.1, -0.05) is 12.1 Å². The van der Waals surface area contributed by atoms with E-state index in [0.29, 0.717) is 4.47 Å². The number of ether oxygens (including phenoxy) is 1. The monoisotopic (exact) mass is 338 g/mol. The number of nitrogens with one attached hydrogen (secondary N) is 1. The van der Waals surface area contributed by atoms with Crippen LogP contribution in [0.25, 0.3) is 0 Å². The van der Waals surface area contributed by atoms with E-state index in [1.54, 1.807) is 13.2 Å². The Labute approximate surface area is 126 Å². The molecule has 0 amide bonds. The third kappa shape index (κ3) is 3.00. The minimum Gasteiger partial charge on any atom is -0.497 e. The number of halogens is 2. The van der Waals surface area contributed by atoms with Crippen LogP contribution in [0.1, 0.15) is 22.7 Å². The van der Waals surface area contributed by atoms with Crippen LogP contribution in [0, 0.1) is 12.7 Å². The molecule has 1 unspecified atom stereocenters. The normalized spacial score (nSPS) is 12.2. The van der Waals surface area contributed by atoms with Crippen LogP contribution in [0.3, 0.4) is 0 Å². The number of methoxy groups -OCH3 is 1. The fraction of sp³-hybridized carbons (Fsp3) is 0.200. The first-order valence-electron chi connectivity index (χ1n) is 6.12. The van der Waals surface area contributed by atoms with E-state index in [1.165, 1.54) is 6.07 Å². The van der Waals surface area contributed by atoms with Gasteiger partial charge in [0.15, 0.2) is 0 Å². The molecule has 2 rings (SSSR count). The number of hydrazine groups is 1. The molecule has 0 aliphatic heterocycles. The summed E-state index contributed by atoms with van der Waals surface area (Å²) in [6.07, 6.45) is 0. The van der Waals surface area contributed by atoms with Crippen molar-refractivity contribution in [1.82, 2.24) is 5.43 Å². The lowest BCUT2D eigenvalue weighted by Gasteiger charge is -2.20. The van der Waals surface area contributed by atoms with Crippen molar-refractivity contribution in [2.24, 2.45) is 5.84 Å². The number of aryl methyl sites for hydroxylation is 1. The Bertz CT molecular complexity index is 619. The van der Waals surface area contributed by atoms with E-state index in [4.69, 9.17) is 10.6 Å².